The van der Waals surface area contributed by atoms with Crippen molar-refractivity contribution in [3.63, 3.8) is 0 Å². The zero-order valence-corrected chi connectivity index (χ0v) is 10.8. The van der Waals surface area contributed by atoms with Gasteiger partial charge >= 0.3 is 0 Å². The minimum atomic E-state index is -0.380. The number of hydrogen-bond acceptors (Lipinski definition) is 1. The van der Waals surface area contributed by atoms with Gasteiger partial charge in [0.2, 0.25) is 5.24 Å². The van der Waals surface area contributed by atoms with Crippen LogP contribution in [0.2, 0.25) is 0 Å². The quantitative estimate of drug-likeness (QED) is 0.319. The lowest BCUT2D eigenvalue weighted by molar-refractivity contribution is -0.108. The molecule has 0 aliphatic rings. The summed E-state index contributed by atoms with van der Waals surface area (Å²) in [5.74, 6) is 0.818. The first-order chi connectivity index (χ1) is 7.04. The van der Waals surface area contributed by atoms with E-state index in [0.717, 1.165) is 18.8 Å². The van der Waals surface area contributed by atoms with Gasteiger partial charge in [-0.05, 0) is 30.4 Å². The zero-order chi connectivity index (χ0) is 11.7. The van der Waals surface area contributed by atoms with E-state index in [4.69, 9.17) is 11.6 Å². The number of allylic oxidation sites excluding steroid dienone is 1. The first-order valence-corrected chi connectivity index (χ1v) is 6.29. The standard InChI is InChI=1S/C13H23ClO/c1-11(2)9-7-5-4-6-8-10-12(3)13(14)15/h11H,3-10H2,1-2H3. The summed E-state index contributed by atoms with van der Waals surface area (Å²) in [7, 11) is 0. The van der Waals surface area contributed by atoms with Crippen LogP contribution in [0.3, 0.4) is 0 Å². The van der Waals surface area contributed by atoms with Gasteiger partial charge in [-0.15, -0.1) is 0 Å². The third-order valence-electron chi connectivity index (χ3n) is 2.54. The van der Waals surface area contributed by atoms with Gasteiger partial charge in [-0.3, -0.25) is 4.79 Å². The summed E-state index contributed by atoms with van der Waals surface area (Å²) in [6.07, 6.45) is 8.20. The molecular weight excluding hydrogens is 208 g/mol. The van der Waals surface area contributed by atoms with Gasteiger partial charge in [-0.2, -0.15) is 0 Å². The number of halogens is 1. The second-order valence-corrected chi connectivity index (χ2v) is 4.92. The molecule has 0 fully saturated rings. The van der Waals surface area contributed by atoms with Crippen molar-refractivity contribution in [2.45, 2.75) is 58.8 Å². The lowest BCUT2D eigenvalue weighted by Crippen LogP contribution is -1.92. The maximum atomic E-state index is 10.7. The maximum absolute atomic E-state index is 10.7. The molecule has 0 saturated carbocycles. The van der Waals surface area contributed by atoms with Crippen LogP contribution >= 0.6 is 11.6 Å². The Hall–Kier alpha value is -0.300. The molecule has 0 N–H and O–H groups in total. The zero-order valence-electron chi connectivity index (χ0n) is 10.0. The van der Waals surface area contributed by atoms with Gasteiger partial charge < -0.3 is 0 Å². The fourth-order valence-electron chi connectivity index (χ4n) is 1.52. The summed E-state index contributed by atoms with van der Waals surface area (Å²) in [5.41, 5.74) is 0.554. The van der Waals surface area contributed by atoms with Crippen molar-refractivity contribution in [1.29, 1.82) is 0 Å². The molecule has 0 radical (unpaired) electrons. The second kappa shape index (κ2) is 8.96. The Labute approximate surface area is 98.9 Å². The smallest absolute Gasteiger partial charge is 0.247 e. The topological polar surface area (TPSA) is 17.1 Å². The van der Waals surface area contributed by atoms with E-state index in [9.17, 15) is 4.79 Å². The molecule has 1 nitrogen and oxygen atoms in total. The number of hydrogen-bond donors (Lipinski definition) is 0. The SMILES string of the molecule is C=C(CCCCCCCC(C)C)C(=O)Cl. The van der Waals surface area contributed by atoms with E-state index < -0.39 is 0 Å². The average Bonchev–Trinajstić information content (AvgIpc) is 2.15. The summed E-state index contributed by atoms with van der Waals surface area (Å²) < 4.78 is 0. The normalized spacial score (nSPS) is 10.7. The van der Waals surface area contributed by atoms with Crippen LogP contribution in [-0.4, -0.2) is 5.24 Å². The lowest BCUT2D eigenvalue weighted by atomic mass is 10.0. The van der Waals surface area contributed by atoms with Crippen molar-refractivity contribution in [2.75, 3.05) is 0 Å². The van der Waals surface area contributed by atoms with E-state index in [2.05, 4.69) is 20.4 Å². The highest BCUT2D eigenvalue weighted by Crippen LogP contribution is 2.14. The molecule has 0 amide bonds. The summed E-state index contributed by atoms with van der Waals surface area (Å²) >= 11 is 5.29. The molecule has 0 aromatic heterocycles. The summed E-state index contributed by atoms with van der Waals surface area (Å²) in [6.45, 7) is 8.15. The molecule has 0 saturated heterocycles. The fourth-order valence-corrected chi connectivity index (χ4v) is 1.61. The van der Waals surface area contributed by atoms with Crippen LogP contribution in [0.4, 0.5) is 0 Å². The van der Waals surface area contributed by atoms with E-state index >= 15 is 0 Å². The average molecular weight is 231 g/mol. The lowest BCUT2D eigenvalue weighted by Gasteiger charge is -2.04. The van der Waals surface area contributed by atoms with Gasteiger partial charge in [0.1, 0.15) is 0 Å². The molecule has 0 rings (SSSR count). The minimum Gasteiger partial charge on any atom is -0.276 e. The Balaban J connectivity index is 3.18. The molecule has 0 unspecified atom stereocenters. The van der Waals surface area contributed by atoms with E-state index in [1.54, 1.807) is 0 Å². The molecule has 0 bridgehead atoms. The highest BCUT2D eigenvalue weighted by Gasteiger charge is 2.01. The van der Waals surface area contributed by atoms with E-state index in [1.807, 2.05) is 0 Å². The monoisotopic (exact) mass is 230 g/mol. The number of carbonyl (C=O) groups excluding carboxylic acids is 1. The Morgan fingerprint density at radius 1 is 1.13 bits per heavy atom. The third-order valence-corrected chi connectivity index (χ3v) is 2.81. The summed E-state index contributed by atoms with van der Waals surface area (Å²) in [5, 5.41) is -0.380. The van der Waals surface area contributed by atoms with Crippen molar-refractivity contribution >= 4 is 16.8 Å². The van der Waals surface area contributed by atoms with E-state index in [1.165, 1.54) is 32.1 Å². The second-order valence-electron chi connectivity index (χ2n) is 4.58. The Morgan fingerprint density at radius 2 is 1.67 bits per heavy atom. The largest absolute Gasteiger partial charge is 0.276 e. The molecule has 0 aliphatic heterocycles. The van der Waals surface area contributed by atoms with Crippen LogP contribution in [0.1, 0.15) is 58.8 Å². The van der Waals surface area contributed by atoms with Crippen LogP contribution < -0.4 is 0 Å². The van der Waals surface area contributed by atoms with Gasteiger partial charge in [0.05, 0.1) is 0 Å². The van der Waals surface area contributed by atoms with Crippen molar-refractivity contribution < 1.29 is 4.79 Å². The molecule has 15 heavy (non-hydrogen) atoms. The van der Waals surface area contributed by atoms with Gasteiger partial charge in [-0.25, -0.2) is 0 Å². The van der Waals surface area contributed by atoms with Crippen molar-refractivity contribution in [3.8, 4) is 0 Å². The van der Waals surface area contributed by atoms with Crippen LogP contribution in [0.5, 0.6) is 0 Å². The highest BCUT2D eigenvalue weighted by atomic mass is 35.5. The molecule has 0 aromatic rings. The van der Waals surface area contributed by atoms with Crippen LogP contribution in [0.25, 0.3) is 0 Å². The summed E-state index contributed by atoms with van der Waals surface area (Å²) in [4.78, 5) is 10.7. The van der Waals surface area contributed by atoms with E-state index in [-0.39, 0.29) is 5.24 Å². The first-order valence-electron chi connectivity index (χ1n) is 5.91. The number of unbranched alkanes of at least 4 members (excludes halogenated alkanes) is 4. The molecule has 0 aromatic carbocycles. The van der Waals surface area contributed by atoms with Crippen LogP contribution in [0, 0.1) is 5.92 Å². The van der Waals surface area contributed by atoms with Crippen LogP contribution in [-0.2, 0) is 4.79 Å². The molecular formula is C13H23ClO. The first kappa shape index (κ1) is 14.7. The maximum Gasteiger partial charge on any atom is 0.247 e. The molecule has 0 heterocycles. The molecule has 0 aliphatic carbocycles. The van der Waals surface area contributed by atoms with Crippen molar-refractivity contribution in [1.82, 2.24) is 0 Å². The number of rotatable bonds is 9. The number of carbonyl (C=O) groups is 1. The minimum absolute atomic E-state index is 0.380. The van der Waals surface area contributed by atoms with E-state index in [0.29, 0.717) is 5.57 Å². The van der Waals surface area contributed by atoms with Gasteiger partial charge in [0.15, 0.2) is 0 Å². The predicted octanol–water partition coefficient (Wildman–Crippen LogP) is 4.69. The summed E-state index contributed by atoms with van der Waals surface area (Å²) in [6, 6.07) is 0. The van der Waals surface area contributed by atoms with Crippen molar-refractivity contribution in [3.05, 3.63) is 12.2 Å². The molecule has 0 atom stereocenters. The van der Waals surface area contributed by atoms with Gasteiger partial charge in [0, 0.05) is 5.57 Å². The van der Waals surface area contributed by atoms with Gasteiger partial charge in [-0.1, -0.05) is 52.5 Å². The third kappa shape index (κ3) is 9.99. The van der Waals surface area contributed by atoms with Crippen LogP contribution in [0.15, 0.2) is 12.2 Å². The Bertz CT molecular complexity index is 197. The molecule has 2 heteroatoms. The fraction of sp³-hybridized carbons (Fsp3) is 0.769. The molecule has 88 valence electrons. The Kier molecular flexibility index (Phi) is 8.79. The predicted molar refractivity (Wildman–Crippen MR) is 67.2 cm³/mol. The Morgan fingerprint density at radius 3 is 2.20 bits per heavy atom. The van der Waals surface area contributed by atoms with Crippen molar-refractivity contribution in [2.24, 2.45) is 5.92 Å². The van der Waals surface area contributed by atoms with Gasteiger partial charge in [0.25, 0.3) is 0 Å². The molecule has 0 spiro atoms. The highest BCUT2D eigenvalue weighted by molar-refractivity contribution is 6.67.